The molecule has 0 aliphatic rings. The zero-order valence-electron chi connectivity index (χ0n) is 11.9. The fourth-order valence-electron chi connectivity index (χ4n) is 2.08. The number of aromatic nitrogens is 2. The highest BCUT2D eigenvalue weighted by Crippen LogP contribution is 2.14. The van der Waals surface area contributed by atoms with Crippen LogP contribution in [0.5, 0.6) is 0 Å². The van der Waals surface area contributed by atoms with Gasteiger partial charge in [-0.05, 0) is 32.4 Å². The zero-order valence-corrected chi connectivity index (χ0v) is 11.9. The number of rotatable bonds is 5. The van der Waals surface area contributed by atoms with Crippen LogP contribution in [-0.4, -0.2) is 21.5 Å². The van der Waals surface area contributed by atoms with Gasteiger partial charge in [-0.1, -0.05) is 6.07 Å². The lowest BCUT2D eigenvalue weighted by Gasteiger charge is -2.18. The summed E-state index contributed by atoms with van der Waals surface area (Å²) in [6.07, 6.45) is 4.92. The van der Waals surface area contributed by atoms with Gasteiger partial charge in [-0.3, -0.25) is 4.79 Å². The summed E-state index contributed by atoms with van der Waals surface area (Å²) in [5.74, 6) is -1.42. The Morgan fingerprint density at radius 2 is 2.00 bits per heavy atom. The van der Waals surface area contributed by atoms with Gasteiger partial charge in [0.25, 0.3) is 0 Å². The Labute approximate surface area is 121 Å². The van der Waals surface area contributed by atoms with Crippen LogP contribution in [0.2, 0.25) is 0 Å². The van der Waals surface area contributed by atoms with E-state index < -0.39 is 17.7 Å². The van der Waals surface area contributed by atoms with Crippen molar-refractivity contribution in [1.82, 2.24) is 14.9 Å². The molecule has 1 aromatic carbocycles. The minimum absolute atomic E-state index is 0.0133. The van der Waals surface area contributed by atoms with Crippen molar-refractivity contribution in [3.05, 3.63) is 54.1 Å². The molecular formula is C15H17F2N3O. The molecule has 112 valence electrons. The van der Waals surface area contributed by atoms with E-state index in [0.717, 1.165) is 0 Å². The van der Waals surface area contributed by atoms with Crippen LogP contribution in [0.15, 0.2) is 36.9 Å². The predicted octanol–water partition coefficient (Wildman–Crippen LogP) is 2.47. The number of hydrogen-bond acceptors (Lipinski definition) is 2. The van der Waals surface area contributed by atoms with Crippen LogP contribution < -0.4 is 5.32 Å². The largest absolute Gasteiger partial charge is 0.352 e. The lowest BCUT2D eigenvalue weighted by molar-refractivity contribution is -0.124. The summed E-state index contributed by atoms with van der Waals surface area (Å²) in [6.45, 7) is 3.44. The molecule has 1 N–H and O–H groups in total. The quantitative estimate of drug-likeness (QED) is 0.920. The van der Waals surface area contributed by atoms with Gasteiger partial charge in [0, 0.05) is 24.0 Å². The maximum atomic E-state index is 13.6. The second-order valence-corrected chi connectivity index (χ2v) is 5.00. The van der Waals surface area contributed by atoms with Crippen molar-refractivity contribution in [2.24, 2.45) is 0 Å². The first-order valence-corrected chi connectivity index (χ1v) is 6.69. The standard InChI is InChI=1S/C15H17F2N3O/c1-10(8-12-13(16)4-3-5-14(12)17)19-15(21)11(2)20-7-6-18-9-20/h3-7,9-11H,8H2,1-2H3,(H,19,21)/t10-,11+/m0/s1. The van der Waals surface area contributed by atoms with Gasteiger partial charge in [0.05, 0.1) is 6.33 Å². The number of imidazole rings is 1. The number of nitrogens with one attached hydrogen (secondary N) is 1. The van der Waals surface area contributed by atoms with Gasteiger partial charge in [-0.25, -0.2) is 13.8 Å². The summed E-state index contributed by atoms with van der Waals surface area (Å²) in [5.41, 5.74) is -0.0133. The van der Waals surface area contributed by atoms with Crippen LogP contribution in [0.1, 0.15) is 25.5 Å². The molecule has 4 nitrogen and oxygen atoms in total. The molecule has 0 unspecified atom stereocenters. The molecule has 0 radical (unpaired) electrons. The topological polar surface area (TPSA) is 46.9 Å². The van der Waals surface area contributed by atoms with Crippen molar-refractivity contribution >= 4 is 5.91 Å². The minimum atomic E-state index is -0.598. The second-order valence-electron chi connectivity index (χ2n) is 5.00. The lowest BCUT2D eigenvalue weighted by atomic mass is 10.1. The molecule has 2 aromatic rings. The van der Waals surface area contributed by atoms with Crippen LogP contribution in [0.3, 0.4) is 0 Å². The third-order valence-electron chi connectivity index (χ3n) is 3.31. The van der Waals surface area contributed by atoms with Crippen LogP contribution in [0, 0.1) is 11.6 Å². The van der Waals surface area contributed by atoms with Gasteiger partial charge in [-0.2, -0.15) is 0 Å². The van der Waals surface area contributed by atoms with E-state index in [4.69, 9.17) is 0 Å². The number of benzene rings is 1. The fraction of sp³-hybridized carbons (Fsp3) is 0.333. The molecule has 0 bridgehead atoms. The summed E-state index contributed by atoms with van der Waals surface area (Å²) in [7, 11) is 0. The van der Waals surface area contributed by atoms with Crippen LogP contribution >= 0.6 is 0 Å². The summed E-state index contributed by atoms with van der Waals surface area (Å²) < 4.78 is 28.8. The van der Waals surface area contributed by atoms with Crippen LogP contribution in [0.25, 0.3) is 0 Å². The van der Waals surface area contributed by atoms with E-state index >= 15 is 0 Å². The maximum Gasteiger partial charge on any atom is 0.243 e. The van der Waals surface area contributed by atoms with Gasteiger partial charge in [0.1, 0.15) is 17.7 Å². The van der Waals surface area contributed by atoms with Crippen molar-refractivity contribution < 1.29 is 13.6 Å². The number of halogens is 2. The van der Waals surface area contributed by atoms with Gasteiger partial charge >= 0.3 is 0 Å². The molecule has 0 spiro atoms. The highest BCUT2D eigenvalue weighted by atomic mass is 19.1. The van der Waals surface area contributed by atoms with E-state index in [-0.39, 0.29) is 23.9 Å². The normalized spacial score (nSPS) is 13.7. The summed E-state index contributed by atoms with van der Waals surface area (Å²) in [6, 6.07) is 2.93. The van der Waals surface area contributed by atoms with Gasteiger partial charge < -0.3 is 9.88 Å². The third kappa shape index (κ3) is 3.65. The molecule has 2 rings (SSSR count). The van der Waals surface area contributed by atoms with Crippen molar-refractivity contribution in [3.8, 4) is 0 Å². The minimum Gasteiger partial charge on any atom is -0.352 e. The molecule has 0 saturated carbocycles. The summed E-state index contributed by atoms with van der Waals surface area (Å²) in [4.78, 5) is 15.9. The average molecular weight is 293 g/mol. The molecule has 1 aromatic heterocycles. The Bertz CT molecular complexity index is 593. The molecule has 21 heavy (non-hydrogen) atoms. The van der Waals surface area contributed by atoms with Crippen molar-refractivity contribution in [2.75, 3.05) is 0 Å². The second kappa shape index (κ2) is 6.47. The van der Waals surface area contributed by atoms with E-state index in [2.05, 4.69) is 10.3 Å². The lowest BCUT2D eigenvalue weighted by Crippen LogP contribution is -2.38. The first-order chi connectivity index (χ1) is 9.99. The maximum absolute atomic E-state index is 13.6. The van der Waals surface area contributed by atoms with E-state index in [1.807, 2.05) is 0 Å². The van der Waals surface area contributed by atoms with E-state index in [1.165, 1.54) is 18.2 Å². The smallest absolute Gasteiger partial charge is 0.243 e. The molecule has 0 aliphatic heterocycles. The fourth-order valence-corrected chi connectivity index (χ4v) is 2.08. The van der Waals surface area contributed by atoms with Gasteiger partial charge in [0.2, 0.25) is 5.91 Å². The van der Waals surface area contributed by atoms with Gasteiger partial charge in [-0.15, -0.1) is 0 Å². The molecular weight excluding hydrogens is 276 g/mol. The molecule has 0 fully saturated rings. The summed E-state index contributed by atoms with van der Waals surface area (Å²) >= 11 is 0. The Hall–Kier alpha value is -2.24. The average Bonchev–Trinajstić information content (AvgIpc) is 2.96. The van der Waals surface area contributed by atoms with E-state index in [9.17, 15) is 13.6 Å². The number of hydrogen-bond donors (Lipinski definition) is 1. The molecule has 6 heteroatoms. The number of carbonyl (C=O) groups is 1. The monoisotopic (exact) mass is 293 g/mol. The Balaban J connectivity index is 1.98. The van der Waals surface area contributed by atoms with Crippen LogP contribution in [-0.2, 0) is 11.2 Å². The van der Waals surface area contributed by atoms with Crippen LogP contribution in [0.4, 0.5) is 8.78 Å². The number of nitrogens with zero attached hydrogens (tertiary/aromatic N) is 2. The first kappa shape index (κ1) is 15.2. The number of amides is 1. The Morgan fingerprint density at radius 1 is 1.33 bits per heavy atom. The van der Waals surface area contributed by atoms with Gasteiger partial charge in [0.15, 0.2) is 0 Å². The molecule has 1 heterocycles. The SMILES string of the molecule is C[C@H](C(=O)N[C@@H](C)Cc1c(F)cccc1F)n1ccnc1. The highest BCUT2D eigenvalue weighted by Gasteiger charge is 2.18. The molecule has 0 aliphatic carbocycles. The third-order valence-corrected chi connectivity index (χ3v) is 3.31. The van der Waals surface area contributed by atoms with Crippen molar-refractivity contribution in [1.29, 1.82) is 0 Å². The van der Waals surface area contributed by atoms with E-state index in [1.54, 1.807) is 37.1 Å². The molecule has 0 saturated heterocycles. The van der Waals surface area contributed by atoms with E-state index in [0.29, 0.717) is 0 Å². The molecule has 2 atom stereocenters. The molecule has 1 amide bonds. The predicted molar refractivity (Wildman–Crippen MR) is 74.6 cm³/mol. The zero-order chi connectivity index (χ0) is 15.4. The Morgan fingerprint density at radius 3 is 2.57 bits per heavy atom. The number of carbonyl (C=O) groups excluding carboxylic acids is 1. The summed E-state index contributed by atoms with van der Waals surface area (Å²) in [5, 5.41) is 2.75. The van der Waals surface area contributed by atoms with Crippen molar-refractivity contribution in [3.63, 3.8) is 0 Å². The Kier molecular flexibility index (Phi) is 4.67. The highest BCUT2D eigenvalue weighted by molar-refractivity contribution is 5.80. The first-order valence-electron chi connectivity index (χ1n) is 6.69. The van der Waals surface area contributed by atoms with Crippen molar-refractivity contribution in [2.45, 2.75) is 32.4 Å².